The highest BCUT2D eigenvalue weighted by Gasteiger charge is 2.33. The highest BCUT2D eigenvalue weighted by molar-refractivity contribution is 5.76. The average molecular weight is 172 g/mol. The Bertz CT molecular complexity index is 269. The fourth-order valence-electron chi connectivity index (χ4n) is 0.766. The molecule has 1 aromatic heterocycles. The minimum absolute atomic E-state index is 0.269. The second-order valence-corrected chi connectivity index (χ2v) is 2.71. The van der Waals surface area contributed by atoms with Crippen LogP contribution in [0.3, 0.4) is 0 Å². The summed E-state index contributed by atoms with van der Waals surface area (Å²) in [6.07, 6.45) is 2.98. The van der Waals surface area contributed by atoms with E-state index in [4.69, 9.17) is 5.11 Å². The number of nitrogens with zero attached hydrogens (tertiary/aromatic N) is 2. The molecule has 1 N–H and O–H groups in total. The van der Waals surface area contributed by atoms with Crippen molar-refractivity contribution in [2.75, 3.05) is 0 Å². The van der Waals surface area contributed by atoms with E-state index in [9.17, 15) is 9.18 Å². The molecule has 1 heterocycles. The Balaban J connectivity index is 2.69. The summed E-state index contributed by atoms with van der Waals surface area (Å²) >= 11 is 0. The van der Waals surface area contributed by atoms with Gasteiger partial charge in [-0.3, -0.25) is 4.68 Å². The molecule has 0 aliphatic heterocycles. The van der Waals surface area contributed by atoms with Crippen LogP contribution in [0, 0.1) is 0 Å². The quantitative estimate of drug-likeness (QED) is 0.730. The van der Waals surface area contributed by atoms with Gasteiger partial charge in [0, 0.05) is 12.4 Å². The van der Waals surface area contributed by atoms with Crippen molar-refractivity contribution in [1.82, 2.24) is 9.78 Å². The van der Waals surface area contributed by atoms with Crippen LogP contribution < -0.4 is 0 Å². The van der Waals surface area contributed by atoms with Gasteiger partial charge < -0.3 is 5.11 Å². The number of hydrogen-bond acceptors (Lipinski definition) is 2. The van der Waals surface area contributed by atoms with Crippen molar-refractivity contribution >= 4 is 5.97 Å². The second kappa shape index (κ2) is 2.92. The van der Waals surface area contributed by atoms with E-state index in [-0.39, 0.29) is 6.54 Å². The van der Waals surface area contributed by atoms with E-state index in [0.717, 1.165) is 6.92 Å². The Kier molecular flexibility index (Phi) is 2.12. The first-order chi connectivity index (χ1) is 5.52. The summed E-state index contributed by atoms with van der Waals surface area (Å²) in [6.45, 7) is 0.742. The van der Waals surface area contributed by atoms with Gasteiger partial charge in [0.25, 0.3) is 0 Å². The van der Waals surface area contributed by atoms with Crippen LogP contribution in [-0.2, 0) is 11.3 Å². The lowest BCUT2D eigenvalue weighted by Crippen LogP contribution is -2.35. The predicted octanol–water partition coefficient (Wildman–Crippen LogP) is 0.696. The van der Waals surface area contributed by atoms with Gasteiger partial charge in [-0.1, -0.05) is 0 Å². The van der Waals surface area contributed by atoms with Crippen LogP contribution in [0.1, 0.15) is 6.92 Å². The Morgan fingerprint density at radius 2 is 2.50 bits per heavy atom. The zero-order valence-electron chi connectivity index (χ0n) is 6.57. The van der Waals surface area contributed by atoms with E-state index in [1.54, 1.807) is 6.07 Å². The fourth-order valence-corrected chi connectivity index (χ4v) is 0.766. The molecule has 0 aromatic carbocycles. The van der Waals surface area contributed by atoms with Crippen molar-refractivity contribution in [3.8, 4) is 0 Å². The van der Waals surface area contributed by atoms with Crippen LogP contribution in [0.4, 0.5) is 4.39 Å². The maximum absolute atomic E-state index is 13.1. The number of rotatable bonds is 3. The van der Waals surface area contributed by atoms with E-state index in [1.165, 1.54) is 17.1 Å². The second-order valence-electron chi connectivity index (χ2n) is 2.71. The summed E-state index contributed by atoms with van der Waals surface area (Å²) in [6, 6.07) is 1.61. The van der Waals surface area contributed by atoms with Gasteiger partial charge in [-0.25, -0.2) is 9.18 Å². The number of halogens is 1. The van der Waals surface area contributed by atoms with Crippen molar-refractivity contribution in [3.63, 3.8) is 0 Å². The minimum atomic E-state index is -2.26. The molecule has 0 radical (unpaired) electrons. The number of carbonyl (C=O) groups is 1. The highest BCUT2D eigenvalue weighted by Crippen LogP contribution is 2.12. The third-order valence-electron chi connectivity index (χ3n) is 1.46. The van der Waals surface area contributed by atoms with E-state index in [0.29, 0.717) is 0 Å². The monoisotopic (exact) mass is 172 g/mol. The zero-order valence-corrected chi connectivity index (χ0v) is 6.57. The normalized spacial score (nSPS) is 15.5. The summed E-state index contributed by atoms with van der Waals surface area (Å²) < 4.78 is 14.4. The van der Waals surface area contributed by atoms with Crippen LogP contribution in [0.25, 0.3) is 0 Å². The number of carboxylic acids is 1. The largest absolute Gasteiger partial charge is 0.479 e. The Hall–Kier alpha value is -1.39. The average Bonchev–Trinajstić information content (AvgIpc) is 2.38. The lowest BCUT2D eigenvalue weighted by molar-refractivity contribution is -0.150. The van der Waals surface area contributed by atoms with Crippen LogP contribution in [0.5, 0.6) is 0 Å². The molecule has 0 aliphatic rings. The van der Waals surface area contributed by atoms with Gasteiger partial charge in [-0.2, -0.15) is 5.10 Å². The molecule has 0 spiro atoms. The SMILES string of the molecule is CC(F)(Cn1cccn1)C(=O)O. The molecule has 0 saturated heterocycles. The van der Waals surface area contributed by atoms with Crippen molar-refractivity contribution in [2.24, 2.45) is 0 Å². The third kappa shape index (κ3) is 1.81. The van der Waals surface area contributed by atoms with E-state index in [2.05, 4.69) is 5.10 Å². The Morgan fingerprint density at radius 1 is 1.83 bits per heavy atom. The van der Waals surface area contributed by atoms with Gasteiger partial charge in [-0.15, -0.1) is 0 Å². The van der Waals surface area contributed by atoms with Gasteiger partial charge >= 0.3 is 5.97 Å². The van der Waals surface area contributed by atoms with Gasteiger partial charge in [0.05, 0.1) is 6.54 Å². The smallest absolute Gasteiger partial charge is 0.343 e. The molecular weight excluding hydrogens is 163 g/mol. The van der Waals surface area contributed by atoms with Crippen LogP contribution in [0.15, 0.2) is 18.5 Å². The van der Waals surface area contributed by atoms with Gasteiger partial charge in [0.1, 0.15) is 0 Å². The Morgan fingerprint density at radius 3 is 2.92 bits per heavy atom. The van der Waals surface area contributed by atoms with Crippen molar-refractivity contribution in [3.05, 3.63) is 18.5 Å². The summed E-state index contributed by atoms with van der Waals surface area (Å²) in [5, 5.41) is 12.1. The molecule has 0 bridgehead atoms. The van der Waals surface area contributed by atoms with Crippen molar-refractivity contribution in [2.45, 2.75) is 19.1 Å². The molecule has 1 rings (SSSR count). The first-order valence-corrected chi connectivity index (χ1v) is 3.42. The molecule has 1 atom stereocenters. The molecular formula is C7H9FN2O2. The highest BCUT2D eigenvalue weighted by atomic mass is 19.1. The predicted molar refractivity (Wildman–Crippen MR) is 39.4 cm³/mol. The van der Waals surface area contributed by atoms with Crippen LogP contribution >= 0.6 is 0 Å². The maximum atomic E-state index is 13.1. The number of alkyl halides is 1. The van der Waals surface area contributed by atoms with Crippen LogP contribution in [-0.4, -0.2) is 26.5 Å². The van der Waals surface area contributed by atoms with E-state index >= 15 is 0 Å². The third-order valence-corrected chi connectivity index (χ3v) is 1.46. The summed E-state index contributed by atoms with van der Waals surface area (Å²) in [4.78, 5) is 10.3. The van der Waals surface area contributed by atoms with Gasteiger partial charge in [0.15, 0.2) is 0 Å². The molecule has 5 heteroatoms. The summed E-state index contributed by atoms with van der Waals surface area (Å²) in [5.74, 6) is -1.47. The first kappa shape index (κ1) is 8.70. The molecule has 4 nitrogen and oxygen atoms in total. The Labute approximate surface area is 68.6 Å². The molecule has 0 amide bonds. The molecule has 0 aliphatic carbocycles. The van der Waals surface area contributed by atoms with E-state index < -0.39 is 11.6 Å². The topological polar surface area (TPSA) is 55.1 Å². The van der Waals surface area contributed by atoms with Gasteiger partial charge in [-0.05, 0) is 13.0 Å². The van der Waals surface area contributed by atoms with Crippen LogP contribution in [0.2, 0.25) is 0 Å². The molecule has 0 fully saturated rings. The number of aromatic nitrogens is 2. The number of hydrogen-bond donors (Lipinski definition) is 1. The maximum Gasteiger partial charge on any atom is 0.343 e. The molecule has 66 valence electrons. The van der Waals surface area contributed by atoms with E-state index in [1.807, 2.05) is 0 Å². The van der Waals surface area contributed by atoms with Gasteiger partial charge in [0.2, 0.25) is 5.67 Å². The molecule has 1 aromatic rings. The minimum Gasteiger partial charge on any atom is -0.479 e. The standard InChI is InChI=1S/C7H9FN2O2/c1-7(8,6(11)12)5-10-4-2-3-9-10/h2-4H,5H2,1H3,(H,11,12). The first-order valence-electron chi connectivity index (χ1n) is 3.42. The molecule has 12 heavy (non-hydrogen) atoms. The summed E-state index contributed by atoms with van der Waals surface area (Å²) in [5.41, 5.74) is -2.26. The van der Waals surface area contributed by atoms with Crippen molar-refractivity contribution in [1.29, 1.82) is 0 Å². The number of carboxylic acid groups (broad SMARTS) is 1. The zero-order chi connectivity index (χ0) is 9.19. The lowest BCUT2D eigenvalue weighted by atomic mass is 10.1. The summed E-state index contributed by atoms with van der Waals surface area (Å²) in [7, 11) is 0. The van der Waals surface area contributed by atoms with Crippen molar-refractivity contribution < 1.29 is 14.3 Å². The fraction of sp³-hybridized carbons (Fsp3) is 0.429. The molecule has 1 unspecified atom stereocenters. The lowest BCUT2D eigenvalue weighted by Gasteiger charge is -2.14. The molecule has 0 saturated carbocycles. The number of aliphatic carboxylic acids is 1.